The van der Waals surface area contributed by atoms with Crippen LogP contribution in [0.4, 0.5) is 0 Å². The van der Waals surface area contributed by atoms with Crippen LogP contribution in [0, 0.1) is 5.92 Å². The number of halogens is 2. The molecule has 1 aromatic rings. The number of piperidine rings is 1. The maximum Gasteiger partial charge on any atom is 0.123 e. The van der Waals surface area contributed by atoms with E-state index in [2.05, 4.69) is 60.2 Å². The Morgan fingerprint density at radius 3 is 2.52 bits per heavy atom. The van der Waals surface area contributed by atoms with Crippen molar-refractivity contribution >= 4 is 28.3 Å². The normalized spacial score (nSPS) is 16.4. The highest BCUT2D eigenvalue weighted by Crippen LogP contribution is 2.34. The van der Waals surface area contributed by atoms with Crippen LogP contribution in [-0.2, 0) is 5.41 Å². The van der Waals surface area contributed by atoms with Gasteiger partial charge in [0.2, 0.25) is 0 Å². The SMILES string of the molecule is CC(C)(C)c1cc(Br)ccc1OCCC1CCNCC1.Cl. The second-order valence-corrected chi connectivity index (χ2v) is 7.64. The van der Waals surface area contributed by atoms with Crippen molar-refractivity contribution in [1.82, 2.24) is 5.32 Å². The number of rotatable bonds is 4. The van der Waals surface area contributed by atoms with Crippen LogP contribution in [0.5, 0.6) is 5.75 Å². The summed E-state index contributed by atoms with van der Waals surface area (Å²) in [7, 11) is 0. The predicted molar refractivity (Wildman–Crippen MR) is 95.8 cm³/mol. The van der Waals surface area contributed by atoms with Gasteiger partial charge in [0.15, 0.2) is 0 Å². The standard InChI is InChI=1S/C17H26BrNO.ClH/c1-17(2,3)15-12-14(18)4-5-16(15)20-11-8-13-6-9-19-10-7-13;/h4-5,12-13,19H,6-11H2,1-3H3;1H. The number of hydrogen-bond donors (Lipinski definition) is 1. The first kappa shape index (κ1) is 18.8. The van der Waals surface area contributed by atoms with Gasteiger partial charge in [0, 0.05) is 10.0 Å². The van der Waals surface area contributed by atoms with Gasteiger partial charge in [-0.15, -0.1) is 12.4 Å². The summed E-state index contributed by atoms with van der Waals surface area (Å²) in [6.45, 7) is 9.85. The Morgan fingerprint density at radius 1 is 1.24 bits per heavy atom. The molecular weight excluding hydrogens is 350 g/mol. The molecule has 1 N–H and O–H groups in total. The van der Waals surface area contributed by atoms with E-state index in [0.717, 1.165) is 35.8 Å². The minimum atomic E-state index is 0. The quantitative estimate of drug-likeness (QED) is 0.804. The van der Waals surface area contributed by atoms with Crippen molar-refractivity contribution in [2.45, 2.75) is 45.4 Å². The molecule has 1 aliphatic rings. The Morgan fingerprint density at radius 2 is 1.90 bits per heavy atom. The second kappa shape index (κ2) is 8.40. The Hall–Kier alpha value is -0.250. The topological polar surface area (TPSA) is 21.3 Å². The largest absolute Gasteiger partial charge is 0.493 e. The molecule has 2 rings (SSSR count). The number of benzene rings is 1. The highest BCUT2D eigenvalue weighted by molar-refractivity contribution is 9.10. The fourth-order valence-electron chi connectivity index (χ4n) is 2.72. The van der Waals surface area contributed by atoms with E-state index in [1.807, 2.05) is 0 Å². The Labute approximate surface area is 143 Å². The number of ether oxygens (including phenoxy) is 1. The molecule has 2 nitrogen and oxygen atoms in total. The van der Waals surface area contributed by atoms with Gasteiger partial charge in [0.05, 0.1) is 6.61 Å². The molecule has 4 heteroatoms. The summed E-state index contributed by atoms with van der Waals surface area (Å²) in [6, 6.07) is 6.34. The minimum absolute atomic E-state index is 0. The third-order valence-corrected chi connectivity index (χ3v) is 4.49. The van der Waals surface area contributed by atoms with E-state index in [0.29, 0.717) is 0 Å². The molecule has 1 fully saturated rings. The van der Waals surface area contributed by atoms with Gasteiger partial charge >= 0.3 is 0 Å². The Kier molecular flexibility index (Phi) is 7.52. The molecule has 1 aliphatic heterocycles. The molecule has 1 heterocycles. The van der Waals surface area contributed by atoms with Crippen molar-refractivity contribution in [2.24, 2.45) is 5.92 Å². The van der Waals surface area contributed by atoms with E-state index >= 15 is 0 Å². The number of hydrogen-bond acceptors (Lipinski definition) is 2. The first-order chi connectivity index (χ1) is 9.47. The van der Waals surface area contributed by atoms with Gasteiger partial charge in [0.1, 0.15) is 5.75 Å². The molecule has 0 aromatic heterocycles. The smallest absolute Gasteiger partial charge is 0.123 e. The number of nitrogens with one attached hydrogen (secondary N) is 1. The fraction of sp³-hybridized carbons (Fsp3) is 0.647. The Bertz CT molecular complexity index is 439. The molecule has 1 saturated heterocycles. The summed E-state index contributed by atoms with van der Waals surface area (Å²) in [6.07, 6.45) is 3.74. The van der Waals surface area contributed by atoms with Crippen LogP contribution in [0.3, 0.4) is 0 Å². The monoisotopic (exact) mass is 375 g/mol. The lowest BCUT2D eigenvalue weighted by atomic mass is 9.86. The maximum atomic E-state index is 6.08. The van der Waals surface area contributed by atoms with E-state index in [-0.39, 0.29) is 17.8 Å². The zero-order valence-corrected chi connectivity index (χ0v) is 15.6. The van der Waals surface area contributed by atoms with E-state index < -0.39 is 0 Å². The summed E-state index contributed by atoms with van der Waals surface area (Å²) >= 11 is 3.56. The zero-order chi connectivity index (χ0) is 14.6. The summed E-state index contributed by atoms with van der Waals surface area (Å²) in [5.74, 6) is 1.86. The van der Waals surface area contributed by atoms with Crippen LogP contribution < -0.4 is 10.1 Å². The van der Waals surface area contributed by atoms with Crippen LogP contribution in [0.15, 0.2) is 22.7 Å². The molecule has 0 atom stereocenters. The van der Waals surface area contributed by atoms with E-state index in [4.69, 9.17) is 4.74 Å². The van der Waals surface area contributed by atoms with Gasteiger partial charge < -0.3 is 10.1 Å². The lowest BCUT2D eigenvalue weighted by Gasteiger charge is -2.25. The molecule has 0 saturated carbocycles. The van der Waals surface area contributed by atoms with Gasteiger partial charge in [-0.05, 0) is 61.9 Å². The molecule has 21 heavy (non-hydrogen) atoms. The average Bonchev–Trinajstić information content (AvgIpc) is 2.40. The van der Waals surface area contributed by atoms with Crippen LogP contribution in [-0.4, -0.2) is 19.7 Å². The van der Waals surface area contributed by atoms with Crippen molar-refractivity contribution in [3.8, 4) is 5.75 Å². The summed E-state index contributed by atoms with van der Waals surface area (Å²) in [5.41, 5.74) is 1.38. The van der Waals surface area contributed by atoms with Gasteiger partial charge in [-0.3, -0.25) is 0 Å². The second-order valence-electron chi connectivity index (χ2n) is 6.72. The molecule has 0 amide bonds. The minimum Gasteiger partial charge on any atom is -0.493 e. The third kappa shape index (κ3) is 5.80. The molecule has 1 aromatic carbocycles. The van der Waals surface area contributed by atoms with Crippen LogP contribution in [0.1, 0.15) is 45.6 Å². The van der Waals surface area contributed by atoms with E-state index in [9.17, 15) is 0 Å². The van der Waals surface area contributed by atoms with Crippen LogP contribution in [0.2, 0.25) is 0 Å². The molecule has 0 radical (unpaired) electrons. The van der Waals surface area contributed by atoms with Crippen LogP contribution in [0.25, 0.3) is 0 Å². The van der Waals surface area contributed by atoms with Gasteiger partial charge in [-0.1, -0.05) is 36.7 Å². The van der Waals surface area contributed by atoms with Gasteiger partial charge in [-0.2, -0.15) is 0 Å². The fourth-order valence-corrected chi connectivity index (χ4v) is 3.08. The highest BCUT2D eigenvalue weighted by atomic mass is 79.9. The summed E-state index contributed by atoms with van der Waals surface area (Å²) in [5, 5.41) is 3.41. The zero-order valence-electron chi connectivity index (χ0n) is 13.2. The van der Waals surface area contributed by atoms with Crippen LogP contribution >= 0.6 is 28.3 Å². The maximum absolute atomic E-state index is 6.08. The first-order valence-electron chi connectivity index (χ1n) is 7.60. The van der Waals surface area contributed by atoms with Crippen molar-refractivity contribution in [2.75, 3.05) is 19.7 Å². The first-order valence-corrected chi connectivity index (χ1v) is 8.39. The Balaban J connectivity index is 0.00000220. The molecular formula is C17H27BrClNO. The van der Waals surface area contributed by atoms with Crippen molar-refractivity contribution in [3.05, 3.63) is 28.2 Å². The van der Waals surface area contributed by atoms with Gasteiger partial charge in [-0.25, -0.2) is 0 Å². The van der Waals surface area contributed by atoms with Crippen molar-refractivity contribution in [1.29, 1.82) is 0 Å². The van der Waals surface area contributed by atoms with E-state index in [1.165, 1.54) is 24.8 Å². The lowest BCUT2D eigenvalue weighted by Crippen LogP contribution is -2.28. The summed E-state index contributed by atoms with van der Waals surface area (Å²) < 4.78 is 7.20. The summed E-state index contributed by atoms with van der Waals surface area (Å²) in [4.78, 5) is 0. The molecule has 120 valence electrons. The molecule has 0 bridgehead atoms. The predicted octanol–water partition coefficient (Wildman–Crippen LogP) is 4.94. The third-order valence-electron chi connectivity index (χ3n) is 3.99. The lowest BCUT2D eigenvalue weighted by molar-refractivity contribution is 0.248. The average molecular weight is 377 g/mol. The molecule has 0 spiro atoms. The van der Waals surface area contributed by atoms with Gasteiger partial charge in [0.25, 0.3) is 0 Å². The highest BCUT2D eigenvalue weighted by Gasteiger charge is 2.20. The molecule has 0 aliphatic carbocycles. The van der Waals surface area contributed by atoms with Crippen molar-refractivity contribution < 1.29 is 4.74 Å². The van der Waals surface area contributed by atoms with E-state index in [1.54, 1.807) is 0 Å². The van der Waals surface area contributed by atoms with Crippen molar-refractivity contribution in [3.63, 3.8) is 0 Å². The molecule has 0 unspecified atom stereocenters.